The summed E-state index contributed by atoms with van der Waals surface area (Å²) in [4.78, 5) is 2.52. The highest BCUT2D eigenvalue weighted by molar-refractivity contribution is 4.80. The van der Waals surface area contributed by atoms with Gasteiger partial charge in [-0.05, 0) is 38.9 Å². The SMILES string of the molecule is OC1CCNCC1CN1CCCCC1. The summed E-state index contributed by atoms with van der Waals surface area (Å²) in [5.74, 6) is 0.460. The van der Waals surface area contributed by atoms with E-state index in [4.69, 9.17) is 0 Å². The van der Waals surface area contributed by atoms with E-state index in [0.717, 1.165) is 26.1 Å². The first-order valence-corrected chi connectivity index (χ1v) is 5.97. The van der Waals surface area contributed by atoms with Crippen molar-refractivity contribution in [3.63, 3.8) is 0 Å². The van der Waals surface area contributed by atoms with Crippen LogP contribution in [-0.4, -0.2) is 48.8 Å². The summed E-state index contributed by atoms with van der Waals surface area (Å²) in [5.41, 5.74) is 0. The number of hydrogen-bond acceptors (Lipinski definition) is 3. The largest absolute Gasteiger partial charge is 0.393 e. The summed E-state index contributed by atoms with van der Waals surface area (Å²) in [6, 6.07) is 0. The van der Waals surface area contributed by atoms with Gasteiger partial charge in [0, 0.05) is 19.0 Å². The molecule has 2 heterocycles. The second-order valence-corrected chi connectivity index (χ2v) is 4.68. The Kier molecular flexibility index (Phi) is 3.79. The molecule has 0 spiro atoms. The number of likely N-dealkylation sites (tertiary alicyclic amines) is 1. The van der Waals surface area contributed by atoms with Crippen molar-refractivity contribution >= 4 is 0 Å². The van der Waals surface area contributed by atoms with E-state index in [0.29, 0.717) is 5.92 Å². The topological polar surface area (TPSA) is 35.5 Å². The zero-order valence-electron chi connectivity index (χ0n) is 8.91. The maximum absolute atomic E-state index is 9.83. The van der Waals surface area contributed by atoms with Crippen LogP contribution in [0.5, 0.6) is 0 Å². The lowest BCUT2D eigenvalue weighted by Gasteiger charge is -2.35. The molecule has 0 amide bonds. The Labute approximate surface area is 86.5 Å². The third-order valence-corrected chi connectivity index (χ3v) is 3.51. The van der Waals surface area contributed by atoms with Crippen LogP contribution in [0, 0.1) is 5.92 Å². The Hall–Kier alpha value is -0.120. The monoisotopic (exact) mass is 198 g/mol. The molecular formula is C11H22N2O. The zero-order chi connectivity index (χ0) is 9.80. The zero-order valence-corrected chi connectivity index (χ0v) is 8.91. The second-order valence-electron chi connectivity index (χ2n) is 4.68. The van der Waals surface area contributed by atoms with E-state index in [1.807, 2.05) is 0 Å². The Morgan fingerprint density at radius 3 is 2.71 bits per heavy atom. The molecule has 0 aliphatic carbocycles. The van der Waals surface area contributed by atoms with Crippen LogP contribution in [0.15, 0.2) is 0 Å². The molecule has 2 aliphatic heterocycles. The van der Waals surface area contributed by atoms with E-state index in [1.165, 1.54) is 32.4 Å². The van der Waals surface area contributed by atoms with Crippen molar-refractivity contribution in [2.24, 2.45) is 5.92 Å². The Balaban J connectivity index is 1.76. The molecule has 0 aromatic carbocycles. The first kappa shape index (κ1) is 10.4. The summed E-state index contributed by atoms with van der Waals surface area (Å²) in [5, 5.41) is 13.2. The third kappa shape index (κ3) is 2.69. The molecule has 2 saturated heterocycles. The van der Waals surface area contributed by atoms with Gasteiger partial charge in [0.15, 0.2) is 0 Å². The van der Waals surface area contributed by atoms with Gasteiger partial charge in [0.05, 0.1) is 6.10 Å². The molecule has 82 valence electrons. The Bertz CT molecular complexity index is 169. The van der Waals surface area contributed by atoms with Gasteiger partial charge < -0.3 is 15.3 Å². The van der Waals surface area contributed by atoms with Crippen molar-refractivity contribution in [1.82, 2.24) is 10.2 Å². The molecule has 2 aliphatic rings. The van der Waals surface area contributed by atoms with Crippen molar-refractivity contribution in [3.8, 4) is 0 Å². The van der Waals surface area contributed by atoms with E-state index in [2.05, 4.69) is 10.2 Å². The minimum Gasteiger partial charge on any atom is -0.393 e. The van der Waals surface area contributed by atoms with Gasteiger partial charge in [-0.15, -0.1) is 0 Å². The summed E-state index contributed by atoms with van der Waals surface area (Å²) in [6.07, 6.45) is 4.94. The lowest BCUT2D eigenvalue weighted by atomic mass is 9.95. The van der Waals surface area contributed by atoms with E-state index in [-0.39, 0.29) is 6.10 Å². The van der Waals surface area contributed by atoms with Gasteiger partial charge in [-0.1, -0.05) is 6.42 Å². The smallest absolute Gasteiger partial charge is 0.0604 e. The van der Waals surface area contributed by atoms with Crippen LogP contribution in [0.3, 0.4) is 0 Å². The Morgan fingerprint density at radius 1 is 1.21 bits per heavy atom. The second kappa shape index (κ2) is 5.10. The molecule has 3 heteroatoms. The maximum Gasteiger partial charge on any atom is 0.0604 e. The molecule has 0 saturated carbocycles. The van der Waals surface area contributed by atoms with Crippen molar-refractivity contribution < 1.29 is 5.11 Å². The summed E-state index contributed by atoms with van der Waals surface area (Å²) in [7, 11) is 0. The van der Waals surface area contributed by atoms with E-state index in [9.17, 15) is 5.11 Å². The van der Waals surface area contributed by atoms with Crippen LogP contribution in [0.4, 0.5) is 0 Å². The van der Waals surface area contributed by atoms with Crippen molar-refractivity contribution in [3.05, 3.63) is 0 Å². The van der Waals surface area contributed by atoms with Crippen molar-refractivity contribution in [1.29, 1.82) is 0 Å². The van der Waals surface area contributed by atoms with Crippen LogP contribution < -0.4 is 5.32 Å². The predicted octanol–water partition coefficient (Wildman–Crippen LogP) is 0.443. The fourth-order valence-electron chi connectivity index (χ4n) is 2.57. The summed E-state index contributed by atoms with van der Waals surface area (Å²) < 4.78 is 0. The molecule has 2 rings (SSSR count). The van der Waals surface area contributed by atoms with Crippen molar-refractivity contribution in [2.45, 2.75) is 31.8 Å². The number of rotatable bonds is 2. The lowest BCUT2D eigenvalue weighted by Crippen LogP contribution is -2.46. The van der Waals surface area contributed by atoms with E-state index in [1.54, 1.807) is 0 Å². The molecule has 14 heavy (non-hydrogen) atoms. The van der Waals surface area contributed by atoms with E-state index < -0.39 is 0 Å². The third-order valence-electron chi connectivity index (χ3n) is 3.51. The number of piperidine rings is 2. The molecule has 0 aromatic heterocycles. The Morgan fingerprint density at radius 2 is 2.00 bits per heavy atom. The molecule has 2 unspecified atom stereocenters. The minimum atomic E-state index is -0.0711. The van der Waals surface area contributed by atoms with Crippen LogP contribution in [0.25, 0.3) is 0 Å². The van der Waals surface area contributed by atoms with Gasteiger partial charge in [-0.25, -0.2) is 0 Å². The first-order valence-electron chi connectivity index (χ1n) is 5.97. The van der Waals surface area contributed by atoms with Crippen molar-refractivity contribution in [2.75, 3.05) is 32.7 Å². The normalized spacial score (nSPS) is 35.8. The molecule has 3 nitrogen and oxygen atoms in total. The highest BCUT2D eigenvalue weighted by Crippen LogP contribution is 2.16. The quantitative estimate of drug-likeness (QED) is 0.676. The van der Waals surface area contributed by atoms with Gasteiger partial charge in [-0.2, -0.15) is 0 Å². The van der Waals surface area contributed by atoms with Gasteiger partial charge in [0.2, 0.25) is 0 Å². The fraction of sp³-hybridized carbons (Fsp3) is 1.00. The van der Waals surface area contributed by atoms with E-state index >= 15 is 0 Å². The average Bonchev–Trinajstić information content (AvgIpc) is 2.23. The summed E-state index contributed by atoms with van der Waals surface area (Å²) in [6.45, 7) is 5.55. The predicted molar refractivity (Wildman–Crippen MR) is 57.3 cm³/mol. The van der Waals surface area contributed by atoms with Crippen LogP contribution in [0.1, 0.15) is 25.7 Å². The summed E-state index contributed by atoms with van der Waals surface area (Å²) >= 11 is 0. The van der Waals surface area contributed by atoms with Gasteiger partial charge >= 0.3 is 0 Å². The molecule has 0 aromatic rings. The maximum atomic E-state index is 9.83. The molecular weight excluding hydrogens is 176 g/mol. The molecule has 0 bridgehead atoms. The van der Waals surface area contributed by atoms with Crippen LogP contribution >= 0.6 is 0 Å². The number of aliphatic hydroxyl groups excluding tert-OH is 1. The first-order chi connectivity index (χ1) is 6.86. The highest BCUT2D eigenvalue weighted by Gasteiger charge is 2.25. The molecule has 2 N–H and O–H groups in total. The number of nitrogens with one attached hydrogen (secondary N) is 1. The molecule has 2 atom stereocenters. The number of nitrogens with zero attached hydrogens (tertiary/aromatic N) is 1. The fourth-order valence-corrected chi connectivity index (χ4v) is 2.57. The highest BCUT2D eigenvalue weighted by atomic mass is 16.3. The van der Waals surface area contributed by atoms with Crippen LogP contribution in [-0.2, 0) is 0 Å². The number of aliphatic hydroxyl groups is 1. The molecule has 0 radical (unpaired) electrons. The minimum absolute atomic E-state index is 0.0711. The van der Waals surface area contributed by atoms with Gasteiger partial charge in [-0.3, -0.25) is 0 Å². The lowest BCUT2D eigenvalue weighted by molar-refractivity contribution is 0.0508. The van der Waals surface area contributed by atoms with Crippen LogP contribution in [0.2, 0.25) is 0 Å². The van der Waals surface area contributed by atoms with Gasteiger partial charge in [0.1, 0.15) is 0 Å². The van der Waals surface area contributed by atoms with Gasteiger partial charge in [0.25, 0.3) is 0 Å². The standard InChI is InChI=1S/C11H22N2O/c14-11-4-5-12-8-10(11)9-13-6-2-1-3-7-13/h10-12,14H,1-9H2. The average molecular weight is 198 g/mol. The molecule has 2 fully saturated rings. The number of hydrogen-bond donors (Lipinski definition) is 2.